The molecule has 1 N–H and O–H groups in total. The molecule has 1 amide bonds. The van der Waals surface area contributed by atoms with Crippen LogP contribution in [0.1, 0.15) is 67.8 Å². The average Bonchev–Trinajstić information content (AvgIpc) is 2.88. The highest BCUT2D eigenvalue weighted by Crippen LogP contribution is 2.45. The molecule has 0 unspecified atom stereocenters. The van der Waals surface area contributed by atoms with E-state index in [1.165, 1.54) is 26.0 Å². The summed E-state index contributed by atoms with van der Waals surface area (Å²) < 4.78 is 19.5. The summed E-state index contributed by atoms with van der Waals surface area (Å²) in [5, 5.41) is 3.02. The van der Waals surface area contributed by atoms with Crippen molar-refractivity contribution in [1.29, 1.82) is 0 Å². The number of carbonyl (C=O) groups excluding carboxylic acids is 2. The van der Waals surface area contributed by atoms with E-state index in [9.17, 15) is 14.0 Å². The molecule has 1 saturated heterocycles. The zero-order chi connectivity index (χ0) is 20.4. The first-order valence-electron chi connectivity index (χ1n) is 10.5. The van der Waals surface area contributed by atoms with E-state index in [2.05, 4.69) is 12.2 Å². The molecule has 0 atom stereocenters. The number of anilines is 1. The molecule has 0 bridgehead atoms. The minimum absolute atomic E-state index is 0.0395. The molecule has 1 aromatic carbocycles. The van der Waals surface area contributed by atoms with Gasteiger partial charge in [-0.1, -0.05) is 0 Å². The van der Waals surface area contributed by atoms with Crippen molar-refractivity contribution in [2.24, 2.45) is 0 Å². The quantitative estimate of drug-likeness (QED) is 0.605. The summed E-state index contributed by atoms with van der Waals surface area (Å²) in [6.45, 7) is 6.86. The fourth-order valence-electron chi connectivity index (χ4n) is 5.18. The van der Waals surface area contributed by atoms with Gasteiger partial charge in [0.1, 0.15) is 5.82 Å². The van der Waals surface area contributed by atoms with Crippen LogP contribution in [-0.4, -0.2) is 48.6 Å². The lowest BCUT2D eigenvalue weighted by Gasteiger charge is -2.56. The monoisotopic (exact) mass is 391 g/mol. The van der Waals surface area contributed by atoms with Crippen molar-refractivity contribution >= 4 is 17.6 Å². The third-order valence-electron chi connectivity index (χ3n) is 6.98. The van der Waals surface area contributed by atoms with Gasteiger partial charge in [0.25, 0.3) is 5.91 Å². The largest absolute Gasteiger partial charge is 0.465 e. The number of hydrogen-bond donors (Lipinski definition) is 1. The molecule has 154 valence electrons. The van der Waals surface area contributed by atoms with Gasteiger partial charge in [0.2, 0.25) is 0 Å². The number of amides is 1. The fourth-order valence-corrected chi connectivity index (χ4v) is 5.18. The van der Waals surface area contributed by atoms with Crippen LogP contribution in [0.25, 0.3) is 0 Å². The van der Waals surface area contributed by atoms with Gasteiger partial charge in [-0.2, -0.15) is 0 Å². The highest BCUT2D eigenvalue weighted by Gasteiger charge is 2.59. The number of hydrogen-bond acceptors (Lipinski definition) is 3. The maximum Gasteiger partial charge on any atom is 0.340 e. The van der Waals surface area contributed by atoms with Gasteiger partial charge < -0.3 is 14.5 Å². The van der Waals surface area contributed by atoms with E-state index >= 15 is 0 Å². The molecule has 0 aromatic heterocycles. The van der Waals surface area contributed by atoms with E-state index in [-0.39, 0.29) is 11.5 Å². The van der Waals surface area contributed by atoms with Gasteiger partial charge in [0.15, 0.2) is 5.54 Å². The Morgan fingerprint density at radius 2 is 1.79 bits per heavy atom. The van der Waals surface area contributed by atoms with E-state index in [1.54, 1.807) is 6.92 Å². The number of quaternary nitrogens is 1. The second kappa shape index (κ2) is 8.19. The van der Waals surface area contributed by atoms with Gasteiger partial charge in [-0.3, -0.25) is 4.79 Å². The van der Waals surface area contributed by atoms with Gasteiger partial charge >= 0.3 is 5.97 Å². The Morgan fingerprint density at radius 1 is 1.14 bits per heavy atom. The zero-order valence-corrected chi connectivity index (χ0v) is 17.3. The highest BCUT2D eigenvalue weighted by molar-refractivity contribution is 6.05. The number of halogens is 1. The number of likely N-dealkylation sites (tertiary alicyclic amines) is 1. The molecule has 3 rings (SSSR count). The van der Waals surface area contributed by atoms with Crippen molar-refractivity contribution in [1.82, 2.24) is 0 Å². The molecule has 1 saturated carbocycles. The van der Waals surface area contributed by atoms with Gasteiger partial charge in [-0.05, 0) is 63.6 Å². The summed E-state index contributed by atoms with van der Waals surface area (Å²) >= 11 is 0. The standard InChI is InChI=1S/C22H31FN2O3/c1-4-25(12-7-5-6-8-13-25)22(10-9-11-22)21(27)24-19-16(2)14-17(23)15-18(19)20(26)28-3/h14-15H,4-13H2,1-3H3/p+1. The SMILES string of the molecule is CC[N+]1(C2(C(=O)Nc3c(C)cc(F)cc3C(=O)OC)CCC2)CCCCCC1. The summed E-state index contributed by atoms with van der Waals surface area (Å²) in [4.78, 5) is 25.8. The third kappa shape index (κ3) is 3.43. The van der Waals surface area contributed by atoms with Crippen LogP contribution in [0.15, 0.2) is 12.1 Å². The first-order chi connectivity index (χ1) is 13.4. The molecular formula is C22H32FN2O3+. The minimum atomic E-state index is -0.644. The molecule has 2 aliphatic rings. The number of aryl methyl sites for hydroxylation is 1. The summed E-state index contributed by atoms with van der Waals surface area (Å²) in [5.41, 5.74) is 0.519. The molecule has 1 heterocycles. The number of esters is 1. The van der Waals surface area contributed by atoms with Crippen molar-refractivity contribution in [2.45, 2.75) is 64.3 Å². The number of likely N-dealkylation sites (N-methyl/N-ethyl adjacent to an activating group) is 1. The van der Waals surface area contributed by atoms with Crippen LogP contribution in [0.4, 0.5) is 10.1 Å². The van der Waals surface area contributed by atoms with Crippen LogP contribution >= 0.6 is 0 Å². The molecular weight excluding hydrogens is 359 g/mol. The molecule has 0 spiro atoms. The summed E-state index contributed by atoms with van der Waals surface area (Å²) in [6.07, 6.45) is 7.50. The Kier molecular flexibility index (Phi) is 6.08. The van der Waals surface area contributed by atoms with E-state index < -0.39 is 17.3 Å². The van der Waals surface area contributed by atoms with Crippen molar-refractivity contribution < 1.29 is 23.2 Å². The van der Waals surface area contributed by atoms with Crippen molar-refractivity contribution in [3.63, 3.8) is 0 Å². The van der Waals surface area contributed by atoms with Crippen LogP contribution in [0.5, 0.6) is 0 Å². The normalized spacial score (nSPS) is 20.6. The molecule has 1 aliphatic heterocycles. The van der Waals surface area contributed by atoms with Crippen LogP contribution in [0.3, 0.4) is 0 Å². The Balaban J connectivity index is 1.96. The third-order valence-corrected chi connectivity index (χ3v) is 6.98. The first kappa shape index (κ1) is 20.8. The van der Waals surface area contributed by atoms with E-state index in [4.69, 9.17) is 4.74 Å². The van der Waals surface area contributed by atoms with Gasteiger partial charge in [-0.15, -0.1) is 0 Å². The van der Waals surface area contributed by atoms with Crippen molar-refractivity contribution in [2.75, 3.05) is 32.1 Å². The Labute approximate surface area is 166 Å². The van der Waals surface area contributed by atoms with Crippen LogP contribution in [0, 0.1) is 12.7 Å². The molecule has 6 heteroatoms. The second-order valence-corrected chi connectivity index (χ2v) is 8.30. The summed E-state index contributed by atoms with van der Waals surface area (Å²) in [6, 6.07) is 2.48. The number of benzene rings is 1. The zero-order valence-electron chi connectivity index (χ0n) is 17.3. The fraction of sp³-hybridized carbons (Fsp3) is 0.636. The molecule has 28 heavy (non-hydrogen) atoms. The maximum absolute atomic E-state index is 13.9. The number of ether oxygens (including phenoxy) is 1. The van der Waals surface area contributed by atoms with Crippen molar-refractivity contribution in [3.8, 4) is 0 Å². The molecule has 5 nitrogen and oxygen atoms in total. The number of rotatable bonds is 5. The lowest BCUT2D eigenvalue weighted by molar-refractivity contribution is -0.970. The first-order valence-corrected chi connectivity index (χ1v) is 10.5. The van der Waals surface area contributed by atoms with Gasteiger partial charge in [-0.25, -0.2) is 9.18 Å². The van der Waals surface area contributed by atoms with Crippen molar-refractivity contribution in [3.05, 3.63) is 29.1 Å². The van der Waals surface area contributed by atoms with Gasteiger partial charge in [0.05, 0.1) is 38.0 Å². The van der Waals surface area contributed by atoms with E-state index in [0.29, 0.717) is 11.3 Å². The summed E-state index contributed by atoms with van der Waals surface area (Å²) in [5.74, 6) is -1.20. The predicted octanol–water partition coefficient (Wildman–Crippen LogP) is 4.19. The number of methoxy groups -OCH3 is 1. The highest BCUT2D eigenvalue weighted by atomic mass is 19.1. The average molecular weight is 392 g/mol. The smallest absolute Gasteiger partial charge is 0.340 e. The maximum atomic E-state index is 13.9. The molecule has 1 aliphatic carbocycles. The molecule has 2 fully saturated rings. The molecule has 1 aromatic rings. The number of nitrogens with zero attached hydrogens (tertiary/aromatic N) is 1. The number of carbonyl (C=O) groups is 2. The number of nitrogens with one attached hydrogen (secondary N) is 1. The van der Waals surface area contributed by atoms with Crippen LogP contribution < -0.4 is 5.32 Å². The Bertz CT molecular complexity index is 750. The lowest BCUT2D eigenvalue weighted by atomic mass is 9.72. The topological polar surface area (TPSA) is 55.4 Å². The summed E-state index contributed by atoms with van der Waals surface area (Å²) in [7, 11) is 1.26. The van der Waals surface area contributed by atoms with E-state index in [1.807, 2.05) is 0 Å². The van der Waals surface area contributed by atoms with E-state index in [0.717, 1.165) is 62.3 Å². The second-order valence-electron chi connectivity index (χ2n) is 8.30. The van der Waals surface area contributed by atoms with Crippen LogP contribution in [-0.2, 0) is 9.53 Å². The Hall–Kier alpha value is -1.95. The molecule has 0 radical (unpaired) electrons. The van der Waals surface area contributed by atoms with Crippen LogP contribution in [0.2, 0.25) is 0 Å². The Morgan fingerprint density at radius 3 is 2.29 bits per heavy atom. The van der Waals surface area contributed by atoms with Gasteiger partial charge in [0, 0.05) is 12.8 Å². The predicted molar refractivity (Wildman–Crippen MR) is 107 cm³/mol. The minimum Gasteiger partial charge on any atom is -0.465 e. The lowest BCUT2D eigenvalue weighted by Crippen LogP contribution is -2.72.